The van der Waals surface area contributed by atoms with E-state index in [9.17, 15) is 9.59 Å². The van der Waals surface area contributed by atoms with Crippen LogP contribution < -0.4 is 11.1 Å². The highest BCUT2D eigenvalue weighted by Crippen LogP contribution is 2.30. The van der Waals surface area contributed by atoms with Crippen molar-refractivity contribution in [3.05, 3.63) is 44.5 Å². The number of nitrogens with one attached hydrogen (secondary N) is 2. The molecule has 0 saturated heterocycles. The standard InChI is InChI=1S/C14H17BrN2O2/c1-8(2)3-5-10(15)9-4-6-11-12(7-9)17-14(19)13(18)16-11/h4,6-8,10H,3,5H2,1-2H3,(H,16,18)(H,17,19). The highest BCUT2D eigenvalue weighted by Gasteiger charge is 2.10. The zero-order valence-electron chi connectivity index (χ0n) is 11.0. The number of fused-ring (bicyclic) bond motifs is 1. The van der Waals surface area contributed by atoms with Crippen LogP contribution in [0.3, 0.4) is 0 Å². The molecular formula is C14H17BrN2O2. The van der Waals surface area contributed by atoms with Gasteiger partial charge in [-0.2, -0.15) is 0 Å². The predicted molar refractivity (Wildman–Crippen MR) is 80.9 cm³/mol. The number of alkyl halides is 1. The van der Waals surface area contributed by atoms with Gasteiger partial charge in [-0.15, -0.1) is 0 Å². The maximum atomic E-state index is 11.3. The normalized spacial score (nSPS) is 13.1. The summed E-state index contributed by atoms with van der Waals surface area (Å²) in [6.07, 6.45) is 2.17. The van der Waals surface area contributed by atoms with Crippen LogP contribution >= 0.6 is 15.9 Å². The molecule has 2 N–H and O–H groups in total. The van der Waals surface area contributed by atoms with E-state index in [2.05, 4.69) is 39.7 Å². The van der Waals surface area contributed by atoms with Crippen molar-refractivity contribution in [2.75, 3.05) is 0 Å². The van der Waals surface area contributed by atoms with Crippen LogP contribution in [0.4, 0.5) is 0 Å². The number of benzene rings is 1. The number of hydrogen-bond acceptors (Lipinski definition) is 2. The fraction of sp³-hybridized carbons (Fsp3) is 0.429. The van der Waals surface area contributed by atoms with Crippen molar-refractivity contribution < 1.29 is 0 Å². The summed E-state index contributed by atoms with van der Waals surface area (Å²) in [5, 5.41) is 0. The van der Waals surface area contributed by atoms with Gasteiger partial charge in [0.05, 0.1) is 11.0 Å². The third kappa shape index (κ3) is 3.35. The first-order valence-electron chi connectivity index (χ1n) is 6.37. The fourth-order valence-corrected chi connectivity index (χ4v) is 2.52. The minimum Gasteiger partial charge on any atom is -0.316 e. The lowest BCUT2D eigenvalue weighted by molar-refractivity contribution is 0.554. The summed E-state index contributed by atoms with van der Waals surface area (Å²) in [4.78, 5) is 28.0. The lowest BCUT2D eigenvalue weighted by Crippen LogP contribution is -2.28. The van der Waals surface area contributed by atoms with Gasteiger partial charge in [-0.05, 0) is 36.5 Å². The minimum absolute atomic E-state index is 0.259. The molecule has 0 fully saturated rings. The van der Waals surface area contributed by atoms with E-state index in [1.807, 2.05) is 18.2 Å². The number of H-pyrrole nitrogens is 2. The number of halogens is 1. The SMILES string of the molecule is CC(C)CCC(Br)c1ccc2[nH]c(=O)c(=O)[nH]c2c1. The largest absolute Gasteiger partial charge is 0.316 e. The van der Waals surface area contributed by atoms with Crippen molar-refractivity contribution in [2.24, 2.45) is 5.92 Å². The summed E-state index contributed by atoms with van der Waals surface area (Å²) in [6, 6.07) is 5.70. The van der Waals surface area contributed by atoms with E-state index < -0.39 is 11.1 Å². The van der Waals surface area contributed by atoms with Crippen LogP contribution in [0, 0.1) is 5.92 Å². The lowest BCUT2D eigenvalue weighted by atomic mass is 10.0. The van der Waals surface area contributed by atoms with E-state index in [-0.39, 0.29) is 4.83 Å². The zero-order chi connectivity index (χ0) is 14.0. The number of rotatable bonds is 4. The van der Waals surface area contributed by atoms with E-state index in [0.29, 0.717) is 17.0 Å². The van der Waals surface area contributed by atoms with Gasteiger partial charge in [-0.25, -0.2) is 0 Å². The summed E-state index contributed by atoms with van der Waals surface area (Å²) >= 11 is 3.67. The molecule has 0 bridgehead atoms. The van der Waals surface area contributed by atoms with Crippen molar-refractivity contribution in [3.63, 3.8) is 0 Å². The highest BCUT2D eigenvalue weighted by molar-refractivity contribution is 9.09. The minimum atomic E-state index is -0.615. The Morgan fingerprint density at radius 3 is 2.32 bits per heavy atom. The summed E-state index contributed by atoms with van der Waals surface area (Å²) in [5.74, 6) is 0.664. The van der Waals surface area contributed by atoms with Gasteiger partial charge in [0.1, 0.15) is 0 Å². The first-order chi connectivity index (χ1) is 8.97. The quantitative estimate of drug-likeness (QED) is 0.670. The second-order valence-electron chi connectivity index (χ2n) is 5.15. The third-order valence-corrected chi connectivity index (χ3v) is 4.09. The van der Waals surface area contributed by atoms with Gasteiger partial charge in [0.2, 0.25) is 0 Å². The highest BCUT2D eigenvalue weighted by atomic mass is 79.9. The summed E-state index contributed by atoms with van der Waals surface area (Å²) in [7, 11) is 0. The van der Waals surface area contributed by atoms with E-state index in [4.69, 9.17) is 0 Å². The van der Waals surface area contributed by atoms with Gasteiger partial charge >= 0.3 is 11.1 Å². The maximum absolute atomic E-state index is 11.3. The van der Waals surface area contributed by atoms with Crippen molar-refractivity contribution in [2.45, 2.75) is 31.5 Å². The maximum Gasteiger partial charge on any atom is 0.314 e. The molecule has 2 rings (SSSR count). The van der Waals surface area contributed by atoms with E-state index >= 15 is 0 Å². The first-order valence-corrected chi connectivity index (χ1v) is 7.29. The van der Waals surface area contributed by atoms with Gasteiger partial charge in [0.15, 0.2) is 0 Å². The van der Waals surface area contributed by atoms with Gasteiger partial charge in [0, 0.05) is 4.83 Å². The molecule has 2 aromatic rings. The van der Waals surface area contributed by atoms with Crippen LogP contribution in [0.2, 0.25) is 0 Å². The molecule has 4 nitrogen and oxygen atoms in total. The monoisotopic (exact) mass is 324 g/mol. The van der Waals surface area contributed by atoms with E-state index in [1.165, 1.54) is 0 Å². The number of aromatic amines is 2. The van der Waals surface area contributed by atoms with Crippen molar-refractivity contribution in [1.29, 1.82) is 0 Å². The Morgan fingerprint density at radius 2 is 1.68 bits per heavy atom. The molecule has 1 heterocycles. The van der Waals surface area contributed by atoms with Gasteiger partial charge in [0.25, 0.3) is 0 Å². The molecule has 0 spiro atoms. The second-order valence-corrected chi connectivity index (χ2v) is 6.26. The Kier molecular flexibility index (Phi) is 4.24. The van der Waals surface area contributed by atoms with Crippen LogP contribution in [-0.2, 0) is 0 Å². The molecule has 102 valence electrons. The van der Waals surface area contributed by atoms with Crippen LogP contribution in [0.15, 0.2) is 27.8 Å². The second kappa shape index (κ2) is 5.74. The zero-order valence-corrected chi connectivity index (χ0v) is 12.6. The van der Waals surface area contributed by atoms with Crippen LogP contribution in [-0.4, -0.2) is 9.97 Å². The lowest BCUT2D eigenvalue weighted by Gasteiger charge is -2.12. The molecule has 5 heteroatoms. The number of hydrogen-bond donors (Lipinski definition) is 2. The molecule has 1 unspecified atom stereocenters. The van der Waals surface area contributed by atoms with Crippen molar-refractivity contribution in [3.8, 4) is 0 Å². The topological polar surface area (TPSA) is 65.7 Å². The smallest absolute Gasteiger partial charge is 0.314 e. The number of aromatic nitrogens is 2. The molecule has 0 aliphatic rings. The van der Waals surface area contributed by atoms with Crippen molar-refractivity contribution >= 4 is 27.0 Å². The van der Waals surface area contributed by atoms with Crippen molar-refractivity contribution in [1.82, 2.24) is 9.97 Å². The van der Waals surface area contributed by atoms with Crippen LogP contribution in [0.5, 0.6) is 0 Å². The first kappa shape index (κ1) is 14.1. The van der Waals surface area contributed by atoms with E-state index in [0.717, 1.165) is 18.4 Å². The molecule has 0 aliphatic carbocycles. The molecular weight excluding hydrogens is 308 g/mol. The van der Waals surface area contributed by atoms with E-state index in [1.54, 1.807) is 0 Å². The molecule has 1 aromatic carbocycles. The average molecular weight is 325 g/mol. The Labute approximate surface area is 119 Å². The molecule has 0 radical (unpaired) electrons. The molecule has 0 aliphatic heterocycles. The molecule has 1 atom stereocenters. The summed E-state index contributed by atoms with van der Waals surface area (Å²) in [6.45, 7) is 4.39. The Bertz CT molecular complexity index is 688. The molecule has 1 aromatic heterocycles. The fourth-order valence-electron chi connectivity index (χ4n) is 1.97. The average Bonchev–Trinajstić information content (AvgIpc) is 2.36. The van der Waals surface area contributed by atoms with Crippen LogP contribution in [0.25, 0.3) is 11.0 Å². The summed E-state index contributed by atoms with van der Waals surface area (Å²) in [5.41, 5.74) is 1.19. The van der Waals surface area contributed by atoms with Crippen LogP contribution in [0.1, 0.15) is 37.1 Å². The summed E-state index contributed by atoms with van der Waals surface area (Å²) < 4.78 is 0. The van der Waals surface area contributed by atoms with Gasteiger partial charge < -0.3 is 9.97 Å². The molecule has 19 heavy (non-hydrogen) atoms. The predicted octanol–water partition coefficient (Wildman–Crippen LogP) is 3.09. The third-order valence-electron chi connectivity index (χ3n) is 3.11. The van der Waals surface area contributed by atoms with Gasteiger partial charge in [-0.3, -0.25) is 9.59 Å². The molecule has 0 saturated carbocycles. The Balaban J connectivity index is 2.33. The van der Waals surface area contributed by atoms with Gasteiger partial charge in [-0.1, -0.05) is 35.8 Å². The molecule has 0 amide bonds. The Hall–Kier alpha value is -1.36. The Morgan fingerprint density at radius 1 is 1.05 bits per heavy atom.